The Morgan fingerprint density at radius 2 is 1.86 bits per heavy atom. The molecule has 0 spiro atoms. The van der Waals surface area contributed by atoms with E-state index in [1.165, 1.54) is 0 Å². The quantitative estimate of drug-likeness (QED) is 0.492. The third-order valence-electron chi connectivity index (χ3n) is 1.11. The summed E-state index contributed by atoms with van der Waals surface area (Å²) < 4.78 is 0. The van der Waals surface area contributed by atoms with Gasteiger partial charge in [0.25, 0.3) is 0 Å². The van der Waals surface area contributed by atoms with Crippen LogP contribution in [0.25, 0.3) is 0 Å². The molecule has 0 aliphatic rings. The van der Waals surface area contributed by atoms with Gasteiger partial charge in [0.15, 0.2) is 0 Å². The molecule has 2 unspecified atom stereocenters. The fraction of sp³-hybridized carbons (Fsp3) is 1.00. The normalized spacial score (nSPS) is 18.7. The van der Waals surface area contributed by atoms with Crippen LogP contribution in [0.5, 0.6) is 0 Å². The van der Waals surface area contributed by atoms with Gasteiger partial charge in [-0.2, -0.15) is 11.8 Å². The minimum Gasteiger partial charge on any atom is -0.163 e. The van der Waals surface area contributed by atoms with E-state index in [0.29, 0.717) is 11.1 Å². The Morgan fingerprint density at radius 3 is 1.86 bits per heavy atom. The van der Waals surface area contributed by atoms with Crippen LogP contribution in [0.4, 0.5) is 0 Å². The van der Waals surface area contributed by atoms with Crippen molar-refractivity contribution in [3.05, 3.63) is 0 Å². The summed E-state index contributed by atoms with van der Waals surface area (Å²) in [7, 11) is 5.53. The first kappa shape index (κ1) is 7.41. The largest absolute Gasteiger partial charge is 0.163 e. The number of hydrogen-bond acceptors (Lipinski definition) is 1. The molecule has 0 rings (SSSR count). The zero-order valence-corrected chi connectivity index (χ0v) is 5.96. The van der Waals surface area contributed by atoms with Gasteiger partial charge in [-0.15, -0.1) is 0 Å². The average Bonchev–Trinajstić information content (AvgIpc) is 1.65. The van der Waals surface area contributed by atoms with Crippen LogP contribution < -0.4 is 0 Å². The Kier molecular flexibility index (Phi) is 3.62. The molecule has 0 saturated heterocycles. The molecule has 0 fully saturated rings. The molecule has 0 saturated carbocycles. The van der Waals surface area contributed by atoms with Crippen molar-refractivity contribution in [3.8, 4) is 0 Å². The van der Waals surface area contributed by atoms with Crippen LogP contribution in [-0.2, 0) is 0 Å². The van der Waals surface area contributed by atoms with Crippen LogP contribution >= 0.6 is 11.8 Å². The van der Waals surface area contributed by atoms with E-state index in [1.807, 2.05) is 18.7 Å². The molecule has 2 atom stereocenters. The van der Waals surface area contributed by atoms with Gasteiger partial charge in [-0.1, -0.05) is 19.7 Å². The first-order valence-electron chi connectivity index (χ1n) is 2.47. The van der Waals surface area contributed by atoms with Gasteiger partial charge >= 0.3 is 0 Å². The monoisotopic (exact) mass is 114 g/mol. The van der Waals surface area contributed by atoms with Crippen LogP contribution in [0.2, 0.25) is 5.82 Å². The van der Waals surface area contributed by atoms with Crippen LogP contribution in [0.3, 0.4) is 0 Å². The van der Waals surface area contributed by atoms with E-state index in [4.69, 9.17) is 7.85 Å². The molecule has 0 aromatic rings. The van der Waals surface area contributed by atoms with Crippen molar-refractivity contribution in [1.82, 2.24) is 0 Å². The Labute approximate surface area is 51.5 Å². The Hall–Kier alpha value is 0.415. The van der Waals surface area contributed by atoms with Gasteiger partial charge in [0.2, 0.25) is 0 Å². The first-order chi connectivity index (χ1) is 3.18. The van der Waals surface area contributed by atoms with E-state index in [0.717, 1.165) is 0 Å². The third-order valence-corrected chi connectivity index (χ3v) is 2.29. The highest BCUT2D eigenvalue weighted by atomic mass is 32.2. The van der Waals surface area contributed by atoms with E-state index >= 15 is 0 Å². The first-order valence-corrected chi connectivity index (χ1v) is 3.75. The van der Waals surface area contributed by atoms with Crippen molar-refractivity contribution in [1.29, 1.82) is 0 Å². The number of thioether (sulfide) groups is 1. The van der Waals surface area contributed by atoms with Crippen molar-refractivity contribution in [2.75, 3.05) is 6.26 Å². The van der Waals surface area contributed by atoms with Gasteiger partial charge in [0, 0.05) is 0 Å². The summed E-state index contributed by atoms with van der Waals surface area (Å²) in [5.41, 5.74) is 0. The summed E-state index contributed by atoms with van der Waals surface area (Å²) in [6.07, 6.45) is 2.08. The van der Waals surface area contributed by atoms with Crippen molar-refractivity contribution in [2.45, 2.75) is 24.9 Å². The van der Waals surface area contributed by atoms with Crippen LogP contribution in [0, 0.1) is 0 Å². The molecule has 0 heterocycles. The molecule has 2 radical (unpaired) electrons. The summed E-state index contributed by atoms with van der Waals surface area (Å²) in [6.45, 7) is 4.16. The van der Waals surface area contributed by atoms with Crippen LogP contribution in [-0.4, -0.2) is 19.4 Å². The van der Waals surface area contributed by atoms with Gasteiger partial charge in [-0.3, -0.25) is 0 Å². The average molecular weight is 114 g/mol. The minimum atomic E-state index is 0.329. The molecule has 0 aromatic carbocycles. The van der Waals surface area contributed by atoms with Crippen molar-refractivity contribution >= 4 is 19.6 Å². The van der Waals surface area contributed by atoms with Crippen molar-refractivity contribution < 1.29 is 0 Å². The standard InChI is InChI=1S/C5H11BS/c1-4(6)5(2)7-3/h4-5H,1-3H3. The Bertz CT molecular complexity index is 45.3. The summed E-state index contributed by atoms with van der Waals surface area (Å²) in [5.74, 6) is 0.329. The molecule has 0 N–H and O–H groups in total. The van der Waals surface area contributed by atoms with Crippen molar-refractivity contribution in [2.24, 2.45) is 0 Å². The Balaban J connectivity index is 3.14. The maximum atomic E-state index is 5.53. The molecule has 40 valence electrons. The van der Waals surface area contributed by atoms with E-state index in [2.05, 4.69) is 13.2 Å². The molecule has 7 heavy (non-hydrogen) atoms. The predicted octanol–water partition coefficient (Wildman–Crippen LogP) is 1.71. The fourth-order valence-electron chi connectivity index (χ4n) is 0.215. The summed E-state index contributed by atoms with van der Waals surface area (Å²) in [4.78, 5) is 0. The molecule has 0 aliphatic carbocycles. The van der Waals surface area contributed by atoms with Gasteiger partial charge in [-0.25, -0.2) is 0 Å². The van der Waals surface area contributed by atoms with Gasteiger partial charge in [-0.05, 0) is 11.5 Å². The topological polar surface area (TPSA) is 0 Å². The Morgan fingerprint density at radius 1 is 1.43 bits per heavy atom. The smallest absolute Gasteiger partial charge is 0.0710 e. The lowest BCUT2D eigenvalue weighted by Gasteiger charge is -2.10. The summed E-state index contributed by atoms with van der Waals surface area (Å²) in [6, 6.07) is 0. The van der Waals surface area contributed by atoms with Gasteiger partial charge < -0.3 is 0 Å². The lowest BCUT2D eigenvalue weighted by molar-refractivity contribution is 0.903. The van der Waals surface area contributed by atoms with E-state index in [1.54, 1.807) is 0 Å². The molecule has 0 aromatic heterocycles. The maximum absolute atomic E-state index is 5.53. The van der Waals surface area contributed by atoms with Crippen LogP contribution in [0.1, 0.15) is 13.8 Å². The molecule has 2 heteroatoms. The second-order valence-corrected chi connectivity index (χ2v) is 3.01. The predicted molar refractivity (Wildman–Crippen MR) is 38.2 cm³/mol. The maximum Gasteiger partial charge on any atom is 0.0710 e. The third kappa shape index (κ3) is 3.04. The second-order valence-electron chi connectivity index (χ2n) is 1.80. The lowest BCUT2D eigenvalue weighted by Crippen LogP contribution is -2.01. The van der Waals surface area contributed by atoms with Crippen molar-refractivity contribution in [3.63, 3.8) is 0 Å². The van der Waals surface area contributed by atoms with E-state index in [9.17, 15) is 0 Å². The molecule has 0 aliphatic heterocycles. The van der Waals surface area contributed by atoms with Crippen LogP contribution in [0.15, 0.2) is 0 Å². The highest BCUT2D eigenvalue weighted by molar-refractivity contribution is 7.99. The van der Waals surface area contributed by atoms with Gasteiger partial charge in [0.05, 0.1) is 7.85 Å². The second kappa shape index (κ2) is 3.42. The molecule has 0 bridgehead atoms. The highest BCUT2D eigenvalue weighted by Crippen LogP contribution is 2.16. The SMILES string of the molecule is [B]C(C)C(C)SC. The molecule has 0 amide bonds. The zero-order chi connectivity index (χ0) is 5.86. The van der Waals surface area contributed by atoms with E-state index in [-0.39, 0.29) is 0 Å². The van der Waals surface area contributed by atoms with E-state index < -0.39 is 0 Å². The fourth-order valence-corrected chi connectivity index (χ4v) is 0.644. The molecular weight excluding hydrogens is 103 g/mol. The van der Waals surface area contributed by atoms with Gasteiger partial charge in [0.1, 0.15) is 0 Å². The molecular formula is C5H11BS. The summed E-state index contributed by atoms with van der Waals surface area (Å²) in [5, 5.41) is 0.597. The minimum absolute atomic E-state index is 0.329. The highest BCUT2D eigenvalue weighted by Gasteiger charge is 2.01. The lowest BCUT2D eigenvalue weighted by atomic mass is 9.87. The number of hydrogen-bond donors (Lipinski definition) is 0. The zero-order valence-electron chi connectivity index (χ0n) is 5.14. The number of rotatable bonds is 2. The summed E-state index contributed by atoms with van der Waals surface area (Å²) >= 11 is 1.81. The molecule has 0 nitrogen and oxygen atoms in total.